The van der Waals surface area contributed by atoms with Gasteiger partial charge in [0.05, 0.1) is 12.0 Å². The van der Waals surface area contributed by atoms with Crippen molar-refractivity contribution in [1.82, 2.24) is 0 Å². The summed E-state index contributed by atoms with van der Waals surface area (Å²) < 4.78 is 0. The maximum atomic E-state index is 10.7. The predicted molar refractivity (Wildman–Crippen MR) is 72.6 cm³/mol. The van der Waals surface area contributed by atoms with Crippen molar-refractivity contribution in [2.45, 2.75) is 51.0 Å². The van der Waals surface area contributed by atoms with Crippen LogP contribution in [0.5, 0.6) is 0 Å². The Bertz CT molecular complexity index is 369. The monoisotopic (exact) mass is 264 g/mol. The summed E-state index contributed by atoms with van der Waals surface area (Å²) in [6.45, 7) is 1.59. The summed E-state index contributed by atoms with van der Waals surface area (Å²) in [5.74, 6) is 3.10. The van der Waals surface area contributed by atoms with Crippen LogP contribution in [0.15, 0.2) is 12.2 Å². The molecule has 0 spiro atoms. The lowest BCUT2D eigenvalue weighted by molar-refractivity contribution is -0.140. The van der Waals surface area contributed by atoms with Crippen LogP contribution in [0.3, 0.4) is 0 Å². The number of rotatable bonds is 4. The molecule has 1 atom stereocenters. The first-order valence-corrected chi connectivity index (χ1v) is 7.56. The molecule has 4 aliphatic carbocycles. The minimum absolute atomic E-state index is 0.212. The third-order valence-corrected chi connectivity index (χ3v) is 5.49. The smallest absolute Gasteiger partial charge is 0.306 e. The fourth-order valence-electron chi connectivity index (χ4n) is 4.97. The molecule has 4 fully saturated rings. The highest BCUT2D eigenvalue weighted by atomic mass is 16.4. The molecule has 3 heteroatoms. The predicted octanol–water partition coefficient (Wildman–Crippen LogP) is 2.84. The average molecular weight is 264 g/mol. The van der Waals surface area contributed by atoms with Crippen LogP contribution in [0.1, 0.15) is 45.4 Å². The fourth-order valence-corrected chi connectivity index (χ4v) is 4.97. The third kappa shape index (κ3) is 2.71. The number of carboxylic acid groups (broad SMARTS) is 1. The van der Waals surface area contributed by atoms with E-state index in [2.05, 4.69) is 6.08 Å². The van der Waals surface area contributed by atoms with E-state index in [4.69, 9.17) is 5.11 Å². The van der Waals surface area contributed by atoms with Crippen LogP contribution in [-0.2, 0) is 4.79 Å². The Labute approximate surface area is 114 Å². The molecule has 106 valence electrons. The van der Waals surface area contributed by atoms with Gasteiger partial charge in [-0.2, -0.15) is 0 Å². The molecule has 4 aliphatic rings. The molecule has 0 aromatic carbocycles. The normalized spacial score (nSPS) is 43.6. The van der Waals surface area contributed by atoms with Gasteiger partial charge >= 0.3 is 5.97 Å². The van der Waals surface area contributed by atoms with Crippen molar-refractivity contribution >= 4 is 5.97 Å². The molecule has 0 radical (unpaired) electrons. The number of hydrogen-bond acceptors (Lipinski definition) is 2. The zero-order valence-electron chi connectivity index (χ0n) is 11.6. The van der Waals surface area contributed by atoms with Gasteiger partial charge in [0.25, 0.3) is 0 Å². The molecule has 2 N–H and O–H groups in total. The quantitative estimate of drug-likeness (QED) is 0.768. The summed E-state index contributed by atoms with van der Waals surface area (Å²) in [5, 5.41) is 18.9. The molecule has 0 aromatic rings. The summed E-state index contributed by atoms with van der Waals surface area (Å²) in [5.41, 5.74) is -1.21. The Morgan fingerprint density at radius 2 is 1.68 bits per heavy atom. The van der Waals surface area contributed by atoms with E-state index in [0.717, 1.165) is 23.7 Å². The van der Waals surface area contributed by atoms with E-state index in [1.165, 1.54) is 32.1 Å². The number of carboxylic acids is 1. The lowest BCUT2D eigenvalue weighted by atomic mass is 9.52. The van der Waals surface area contributed by atoms with Gasteiger partial charge in [-0.15, -0.1) is 0 Å². The van der Waals surface area contributed by atoms with Gasteiger partial charge in [0.1, 0.15) is 0 Å². The van der Waals surface area contributed by atoms with Crippen molar-refractivity contribution in [1.29, 1.82) is 0 Å². The van der Waals surface area contributed by atoms with Crippen LogP contribution < -0.4 is 0 Å². The molecule has 4 saturated carbocycles. The summed E-state index contributed by atoms with van der Waals surface area (Å²) in [6.07, 6.45) is 10.5. The van der Waals surface area contributed by atoms with Crippen molar-refractivity contribution in [2.24, 2.45) is 29.6 Å². The largest absolute Gasteiger partial charge is 0.481 e. The molecule has 0 amide bonds. The van der Waals surface area contributed by atoms with Gasteiger partial charge < -0.3 is 10.2 Å². The SMILES string of the molecule is CC(O)(/C=C/C1C2CC3CC(C2)CC1C3)CC(=O)O. The van der Waals surface area contributed by atoms with Crippen LogP contribution >= 0.6 is 0 Å². The Hall–Kier alpha value is -0.830. The van der Waals surface area contributed by atoms with Crippen LogP contribution in [-0.4, -0.2) is 21.8 Å². The lowest BCUT2D eigenvalue weighted by Crippen LogP contribution is -2.44. The second-order valence-electron chi connectivity index (χ2n) is 7.29. The van der Waals surface area contributed by atoms with E-state index >= 15 is 0 Å². The van der Waals surface area contributed by atoms with E-state index in [1.807, 2.05) is 0 Å². The molecule has 0 aromatic heterocycles. The zero-order valence-corrected chi connectivity index (χ0v) is 11.6. The van der Waals surface area contributed by atoms with Gasteiger partial charge in [0.2, 0.25) is 0 Å². The molecule has 0 aliphatic heterocycles. The summed E-state index contributed by atoms with van der Waals surface area (Å²) >= 11 is 0. The second kappa shape index (κ2) is 4.62. The zero-order chi connectivity index (χ0) is 13.6. The van der Waals surface area contributed by atoms with E-state index in [0.29, 0.717) is 5.92 Å². The third-order valence-electron chi connectivity index (χ3n) is 5.49. The average Bonchev–Trinajstić information content (AvgIpc) is 2.24. The molecule has 19 heavy (non-hydrogen) atoms. The van der Waals surface area contributed by atoms with Gasteiger partial charge in [-0.1, -0.05) is 12.2 Å². The summed E-state index contributed by atoms with van der Waals surface area (Å²) in [4.78, 5) is 10.7. The van der Waals surface area contributed by atoms with Crippen LogP contribution in [0, 0.1) is 29.6 Å². The van der Waals surface area contributed by atoms with E-state index in [9.17, 15) is 9.90 Å². The van der Waals surface area contributed by atoms with Crippen molar-refractivity contribution in [2.75, 3.05) is 0 Å². The van der Waals surface area contributed by atoms with Crippen molar-refractivity contribution < 1.29 is 15.0 Å². The molecular formula is C16H24O3. The van der Waals surface area contributed by atoms with Gasteiger partial charge in [-0.25, -0.2) is 0 Å². The highest BCUT2D eigenvalue weighted by molar-refractivity contribution is 5.68. The topological polar surface area (TPSA) is 57.5 Å². The summed E-state index contributed by atoms with van der Waals surface area (Å²) in [6, 6.07) is 0. The van der Waals surface area contributed by atoms with Gasteiger partial charge in [0, 0.05) is 0 Å². The Morgan fingerprint density at radius 1 is 1.16 bits per heavy atom. The maximum absolute atomic E-state index is 10.7. The number of carbonyl (C=O) groups is 1. The standard InChI is InChI=1S/C16H24O3/c1-16(19,9-15(17)18)3-2-14-12-5-10-4-11(7-12)8-13(14)6-10/h2-3,10-14,19H,4-9H2,1H3,(H,17,18)/b3-2+. The number of allylic oxidation sites excluding steroid dienone is 1. The first-order chi connectivity index (χ1) is 8.93. The van der Waals surface area contributed by atoms with E-state index in [-0.39, 0.29) is 6.42 Å². The Balaban J connectivity index is 1.68. The molecule has 0 saturated heterocycles. The lowest BCUT2D eigenvalue weighted by Gasteiger charge is -2.53. The summed E-state index contributed by atoms with van der Waals surface area (Å²) in [7, 11) is 0. The van der Waals surface area contributed by atoms with Crippen molar-refractivity contribution in [3.63, 3.8) is 0 Å². The first-order valence-electron chi connectivity index (χ1n) is 7.56. The number of aliphatic carboxylic acids is 1. The van der Waals surface area contributed by atoms with Crippen molar-refractivity contribution in [3.8, 4) is 0 Å². The minimum Gasteiger partial charge on any atom is -0.481 e. The molecule has 0 heterocycles. The van der Waals surface area contributed by atoms with E-state index in [1.54, 1.807) is 13.0 Å². The van der Waals surface area contributed by atoms with Crippen LogP contribution in [0.25, 0.3) is 0 Å². The maximum Gasteiger partial charge on any atom is 0.306 e. The number of hydrogen-bond donors (Lipinski definition) is 2. The minimum atomic E-state index is -1.21. The Kier molecular flexibility index (Phi) is 3.20. The molecule has 4 bridgehead atoms. The Morgan fingerprint density at radius 3 is 2.16 bits per heavy atom. The van der Waals surface area contributed by atoms with Gasteiger partial charge in [-0.05, 0) is 68.6 Å². The van der Waals surface area contributed by atoms with Crippen LogP contribution in [0.4, 0.5) is 0 Å². The van der Waals surface area contributed by atoms with E-state index < -0.39 is 11.6 Å². The molecule has 4 rings (SSSR count). The highest BCUT2D eigenvalue weighted by Crippen LogP contribution is 2.56. The fraction of sp³-hybridized carbons (Fsp3) is 0.812. The molecule has 1 unspecified atom stereocenters. The van der Waals surface area contributed by atoms with Crippen LogP contribution in [0.2, 0.25) is 0 Å². The number of aliphatic hydroxyl groups is 1. The first kappa shape index (κ1) is 13.2. The molecule has 3 nitrogen and oxygen atoms in total. The highest BCUT2D eigenvalue weighted by Gasteiger charge is 2.47. The second-order valence-corrected chi connectivity index (χ2v) is 7.29. The molecular weight excluding hydrogens is 240 g/mol. The van der Waals surface area contributed by atoms with Gasteiger partial charge in [0.15, 0.2) is 0 Å². The van der Waals surface area contributed by atoms with Crippen molar-refractivity contribution in [3.05, 3.63) is 12.2 Å². The van der Waals surface area contributed by atoms with Gasteiger partial charge in [-0.3, -0.25) is 4.79 Å².